The van der Waals surface area contributed by atoms with E-state index in [1.807, 2.05) is 63.2 Å². The first-order chi connectivity index (χ1) is 12.9. The molecule has 0 bridgehead atoms. The lowest BCUT2D eigenvalue weighted by molar-refractivity contribution is 0.0603. The topological polar surface area (TPSA) is 55.4 Å². The lowest BCUT2D eigenvalue weighted by atomic mass is 10.0. The molecular formula is C22H21NO3S. The largest absolute Gasteiger partial charge is 0.465 e. The molecule has 138 valence electrons. The molecule has 0 radical (unpaired) electrons. The van der Waals surface area contributed by atoms with E-state index in [4.69, 9.17) is 4.74 Å². The van der Waals surface area contributed by atoms with E-state index in [9.17, 15) is 9.59 Å². The number of nitrogens with one attached hydrogen (secondary N) is 1. The van der Waals surface area contributed by atoms with Crippen LogP contribution in [0.2, 0.25) is 0 Å². The zero-order valence-electron chi connectivity index (χ0n) is 15.8. The van der Waals surface area contributed by atoms with Crippen molar-refractivity contribution in [3.63, 3.8) is 0 Å². The molecule has 0 spiro atoms. The SMILES string of the molecule is COC(=O)c1c(NC(=O)c2cccc(C)c2)sc(C)c1-c1ccc(C)cc1. The highest BCUT2D eigenvalue weighted by Gasteiger charge is 2.25. The molecule has 2 aromatic carbocycles. The number of hydrogen-bond donors (Lipinski definition) is 1. The standard InChI is InChI=1S/C22H21NO3S/c1-13-8-10-16(11-9-13)18-15(3)27-21(19(18)22(25)26-4)23-20(24)17-7-5-6-14(2)12-17/h5-12H,1-4H3,(H,23,24). The third kappa shape index (κ3) is 3.93. The first kappa shape index (κ1) is 18.9. The van der Waals surface area contributed by atoms with Crippen LogP contribution in [0.25, 0.3) is 11.1 Å². The van der Waals surface area contributed by atoms with Gasteiger partial charge < -0.3 is 10.1 Å². The normalized spacial score (nSPS) is 10.5. The number of aryl methyl sites for hydroxylation is 3. The van der Waals surface area contributed by atoms with E-state index >= 15 is 0 Å². The van der Waals surface area contributed by atoms with Crippen LogP contribution in [-0.4, -0.2) is 19.0 Å². The van der Waals surface area contributed by atoms with Crippen molar-refractivity contribution in [3.8, 4) is 11.1 Å². The van der Waals surface area contributed by atoms with Crippen LogP contribution in [0.15, 0.2) is 48.5 Å². The Morgan fingerprint density at radius 3 is 2.30 bits per heavy atom. The van der Waals surface area contributed by atoms with Crippen molar-refractivity contribution in [3.05, 3.63) is 75.7 Å². The van der Waals surface area contributed by atoms with Gasteiger partial charge >= 0.3 is 5.97 Å². The highest BCUT2D eigenvalue weighted by molar-refractivity contribution is 7.17. The van der Waals surface area contributed by atoms with Crippen LogP contribution in [0, 0.1) is 20.8 Å². The van der Waals surface area contributed by atoms with Crippen LogP contribution in [0.4, 0.5) is 5.00 Å². The lowest BCUT2D eigenvalue weighted by Crippen LogP contribution is -2.14. The Balaban J connectivity index is 2.05. The van der Waals surface area contributed by atoms with E-state index < -0.39 is 5.97 Å². The zero-order chi connectivity index (χ0) is 19.6. The summed E-state index contributed by atoms with van der Waals surface area (Å²) < 4.78 is 5.00. The van der Waals surface area contributed by atoms with Crippen molar-refractivity contribution in [2.75, 3.05) is 12.4 Å². The van der Waals surface area contributed by atoms with Gasteiger partial charge in [-0.1, -0.05) is 47.5 Å². The summed E-state index contributed by atoms with van der Waals surface area (Å²) >= 11 is 1.38. The quantitative estimate of drug-likeness (QED) is 0.619. The van der Waals surface area contributed by atoms with Gasteiger partial charge in [0.15, 0.2) is 0 Å². The second kappa shape index (κ2) is 7.76. The van der Waals surface area contributed by atoms with E-state index in [-0.39, 0.29) is 5.91 Å². The van der Waals surface area contributed by atoms with Crippen LogP contribution in [-0.2, 0) is 4.74 Å². The van der Waals surface area contributed by atoms with Gasteiger partial charge in [-0.15, -0.1) is 11.3 Å². The van der Waals surface area contributed by atoms with Crippen molar-refractivity contribution in [2.24, 2.45) is 0 Å². The van der Waals surface area contributed by atoms with Crippen molar-refractivity contribution >= 4 is 28.2 Å². The Labute approximate surface area is 162 Å². The summed E-state index contributed by atoms with van der Waals surface area (Å²) in [5.41, 5.74) is 4.80. The molecule has 0 aliphatic heterocycles. The fourth-order valence-corrected chi connectivity index (χ4v) is 4.02. The molecule has 0 aliphatic rings. The number of carbonyl (C=O) groups is 2. The Morgan fingerprint density at radius 1 is 0.963 bits per heavy atom. The first-order valence-corrected chi connectivity index (χ1v) is 9.39. The first-order valence-electron chi connectivity index (χ1n) is 8.57. The van der Waals surface area contributed by atoms with Crippen molar-refractivity contribution in [1.82, 2.24) is 0 Å². The molecule has 3 aromatic rings. The summed E-state index contributed by atoms with van der Waals surface area (Å²) in [6, 6.07) is 15.3. The maximum absolute atomic E-state index is 12.7. The molecule has 0 unspecified atom stereocenters. The number of carbonyl (C=O) groups excluding carboxylic acids is 2. The van der Waals surface area contributed by atoms with Crippen LogP contribution < -0.4 is 5.32 Å². The second-order valence-electron chi connectivity index (χ2n) is 6.42. The molecule has 0 saturated carbocycles. The summed E-state index contributed by atoms with van der Waals surface area (Å²) in [5, 5.41) is 3.39. The summed E-state index contributed by atoms with van der Waals surface area (Å²) in [6.07, 6.45) is 0. The fraction of sp³-hybridized carbons (Fsp3) is 0.182. The van der Waals surface area contributed by atoms with Crippen molar-refractivity contribution < 1.29 is 14.3 Å². The monoisotopic (exact) mass is 379 g/mol. The predicted octanol–water partition coefficient (Wildman–Crippen LogP) is 5.38. The maximum atomic E-state index is 12.7. The van der Waals surface area contributed by atoms with Gasteiger partial charge in [0.05, 0.1) is 7.11 Å². The number of benzene rings is 2. The Morgan fingerprint density at radius 2 is 1.67 bits per heavy atom. The minimum atomic E-state index is -0.463. The molecule has 0 saturated heterocycles. The highest BCUT2D eigenvalue weighted by Crippen LogP contribution is 2.40. The predicted molar refractivity (Wildman–Crippen MR) is 110 cm³/mol. The summed E-state index contributed by atoms with van der Waals surface area (Å²) in [7, 11) is 1.35. The van der Waals surface area contributed by atoms with Crippen molar-refractivity contribution in [2.45, 2.75) is 20.8 Å². The van der Waals surface area contributed by atoms with Gasteiger partial charge in [-0.2, -0.15) is 0 Å². The van der Waals surface area contributed by atoms with Crippen LogP contribution in [0.1, 0.15) is 36.7 Å². The molecule has 0 fully saturated rings. The Bertz CT molecular complexity index is 1000. The number of amides is 1. The molecule has 27 heavy (non-hydrogen) atoms. The number of ether oxygens (including phenoxy) is 1. The molecule has 5 heteroatoms. The summed E-state index contributed by atoms with van der Waals surface area (Å²) in [6.45, 7) is 5.88. The van der Waals surface area contributed by atoms with E-state index in [0.29, 0.717) is 16.1 Å². The van der Waals surface area contributed by atoms with Crippen LogP contribution in [0.5, 0.6) is 0 Å². The molecule has 4 nitrogen and oxygen atoms in total. The number of thiophene rings is 1. The van der Waals surface area contributed by atoms with E-state index in [1.54, 1.807) is 6.07 Å². The molecule has 3 rings (SSSR count). The van der Waals surface area contributed by atoms with Gasteiger partial charge in [-0.3, -0.25) is 4.79 Å². The van der Waals surface area contributed by atoms with Crippen LogP contribution in [0.3, 0.4) is 0 Å². The minimum Gasteiger partial charge on any atom is -0.465 e. The van der Waals surface area contributed by atoms with Gasteiger partial charge in [0.1, 0.15) is 10.6 Å². The maximum Gasteiger partial charge on any atom is 0.341 e. The average Bonchev–Trinajstić information content (AvgIpc) is 2.97. The molecule has 1 aromatic heterocycles. The molecule has 1 heterocycles. The number of methoxy groups -OCH3 is 1. The third-order valence-electron chi connectivity index (χ3n) is 4.32. The average molecular weight is 379 g/mol. The fourth-order valence-electron chi connectivity index (χ4n) is 2.96. The number of esters is 1. The van der Waals surface area contributed by atoms with Crippen molar-refractivity contribution in [1.29, 1.82) is 0 Å². The zero-order valence-corrected chi connectivity index (χ0v) is 16.6. The Kier molecular flexibility index (Phi) is 5.42. The number of anilines is 1. The summed E-state index contributed by atoms with van der Waals surface area (Å²) in [4.78, 5) is 26.1. The number of hydrogen-bond acceptors (Lipinski definition) is 4. The number of rotatable bonds is 4. The molecule has 0 atom stereocenters. The van der Waals surface area contributed by atoms with Crippen LogP contribution >= 0.6 is 11.3 Å². The summed E-state index contributed by atoms with van der Waals surface area (Å²) in [5.74, 6) is -0.713. The van der Waals surface area contributed by atoms with Gasteiger partial charge in [-0.25, -0.2) is 4.79 Å². The van der Waals surface area contributed by atoms with E-state index in [2.05, 4.69) is 5.32 Å². The molecule has 1 amide bonds. The molecular weight excluding hydrogens is 358 g/mol. The van der Waals surface area contributed by atoms with E-state index in [1.165, 1.54) is 18.4 Å². The van der Waals surface area contributed by atoms with Gasteiger partial charge in [0, 0.05) is 16.0 Å². The Hall–Kier alpha value is -2.92. The molecule has 1 N–H and O–H groups in total. The van der Waals surface area contributed by atoms with Gasteiger partial charge in [0.2, 0.25) is 0 Å². The highest BCUT2D eigenvalue weighted by atomic mass is 32.1. The minimum absolute atomic E-state index is 0.249. The second-order valence-corrected chi connectivity index (χ2v) is 7.64. The molecule has 0 aliphatic carbocycles. The third-order valence-corrected chi connectivity index (χ3v) is 5.34. The van der Waals surface area contributed by atoms with Gasteiger partial charge in [-0.05, 0) is 38.5 Å². The smallest absolute Gasteiger partial charge is 0.341 e. The van der Waals surface area contributed by atoms with Gasteiger partial charge in [0.25, 0.3) is 5.91 Å². The lowest BCUT2D eigenvalue weighted by Gasteiger charge is -2.09. The van der Waals surface area contributed by atoms with E-state index in [0.717, 1.165) is 27.1 Å².